The van der Waals surface area contributed by atoms with Crippen molar-refractivity contribution >= 4 is 17.3 Å². The molecular weight excluding hydrogens is 427 g/mol. The van der Waals surface area contributed by atoms with Gasteiger partial charge in [0, 0.05) is 41.7 Å². The van der Waals surface area contributed by atoms with Crippen LogP contribution in [0.3, 0.4) is 0 Å². The number of halogens is 1. The minimum absolute atomic E-state index is 0.165. The maximum absolute atomic E-state index is 14.2. The molecule has 33 heavy (non-hydrogen) atoms. The minimum Gasteiger partial charge on any atom is -0.488 e. The molecule has 9 heteroatoms. The first-order valence-corrected chi connectivity index (χ1v) is 10.9. The number of carbonyl (C=O) groups is 1. The summed E-state index contributed by atoms with van der Waals surface area (Å²) < 4.78 is 31.4. The zero-order chi connectivity index (χ0) is 22.8. The van der Waals surface area contributed by atoms with E-state index in [-0.39, 0.29) is 17.8 Å². The highest BCUT2D eigenvalue weighted by molar-refractivity contribution is 6.06. The molecule has 1 atom stereocenters. The van der Waals surface area contributed by atoms with Gasteiger partial charge in [0.25, 0.3) is 5.91 Å². The molecule has 3 aromatic rings. The van der Waals surface area contributed by atoms with E-state index in [1.165, 1.54) is 6.07 Å². The van der Waals surface area contributed by atoms with Crippen molar-refractivity contribution < 1.29 is 23.4 Å². The molecule has 1 saturated heterocycles. The van der Waals surface area contributed by atoms with Gasteiger partial charge < -0.3 is 29.8 Å². The van der Waals surface area contributed by atoms with E-state index < -0.39 is 0 Å². The van der Waals surface area contributed by atoms with Gasteiger partial charge in [0.15, 0.2) is 0 Å². The Morgan fingerprint density at radius 2 is 2.21 bits per heavy atom. The number of benzene rings is 1. The van der Waals surface area contributed by atoms with Gasteiger partial charge in [0.2, 0.25) is 0 Å². The molecule has 5 rings (SSSR count). The van der Waals surface area contributed by atoms with Crippen LogP contribution in [0.5, 0.6) is 5.75 Å². The number of rotatable bonds is 6. The van der Waals surface area contributed by atoms with Gasteiger partial charge in [-0.15, -0.1) is 0 Å². The second kappa shape index (κ2) is 9.21. The van der Waals surface area contributed by atoms with Crippen molar-refractivity contribution in [1.29, 1.82) is 0 Å². The third kappa shape index (κ3) is 4.29. The van der Waals surface area contributed by atoms with E-state index in [2.05, 4.69) is 20.6 Å². The second-order valence-corrected chi connectivity index (χ2v) is 8.02. The molecule has 8 nitrogen and oxygen atoms in total. The number of nitrogens with zero attached hydrogens (tertiary/aromatic N) is 1. The number of pyridine rings is 1. The number of nitrogens with one attached hydrogen (secondary N) is 3. The first kappa shape index (κ1) is 21.4. The summed E-state index contributed by atoms with van der Waals surface area (Å²) in [4.78, 5) is 20.4. The number of ether oxygens (including phenoxy) is 3. The van der Waals surface area contributed by atoms with Crippen LogP contribution in [-0.4, -0.2) is 55.0 Å². The van der Waals surface area contributed by atoms with Crippen LogP contribution in [0.1, 0.15) is 21.6 Å². The zero-order valence-corrected chi connectivity index (χ0v) is 18.2. The Bertz CT molecular complexity index is 1170. The number of anilines is 2. The van der Waals surface area contributed by atoms with Crippen LogP contribution in [0.2, 0.25) is 0 Å². The van der Waals surface area contributed by atoms with Crippen LogP contribution in [0.4, 0.5) is 15.8 Å². The molecular formula is C24H25FN4O4. The number of hydrogen-bond acceptors (Lipinski definition) is 6. The highest BCUT2D eigenvalue weighted by atomic mass is 19.1. The van der Waals surface area contributed by atoms with E-state index in [4.69, 9.17) is 14.2 Å². The van der Waals surface area contributed by atoms with Crippen molar-refractivity contribution in [3.63, 3.8) is 0 Å². The first-order chi connectivity index (χ1) is 16.1. The topological polar surface area (TPSA) is 97.5 Å². The Morgan fingerprint density at radius 1 is 1.30 bits per heavy atom. The van der Waals surface area contributed by atoms with Gasteiger partial charge in [-0.2, -0.15) is 0 Å². The largest absolute Gasteiger partial charge is 0.488 e. The van der Waals surface area contributed by atoms with Crippen LogP contribution in [0.25, 0.3) is 11.3 Å². The fourth-order valence-corrected chi connectivity index (χ4v) is 4.10. The maximum atomic E-state index is 14.2. The molecule has 0 radical (unpaired) electrons. The SMILES string of the molecule is Cc1c(F)cccc1Nc1c(-c2ccncc2OC[C@@H]2COCCO2)[nH]c2c1C(=O)NCC2. The van der Waals surface area contributed by atoms with Gasteiger partial charge in [-0.25, -0.2) is 4.39 Å². The number of H-pyrrole nitrogens is 1. The predicted molar refractivity (Wildman–Crippen MR) is 121 cm³/mol. The zero-order valence-electron chi connectivity index (χ0n) is 18.2. The Morgan fingerprint density at radius 3 is 3.06 bits per heavy atom. The number of carbonyl (C=O) groups excluding carboxylic acids is 1. The number of aromatic nitrogens is 2. The third-order valence-electron chi connectivity index (χ3n) is 5.86. The monoisotopic (exact) mass is 452 g/mol. The summed E-state index contributed by atoms with van der Waals surface area (Å²) in [6.45, 7) is 4.14. The molecule has 0 aliphatic carbocycles. The lowest BCUT2D eigenvalue weighted by atomic mass is 10.0. The number of aromatic amines is 1. The fraction of sp³-hybridized carbons (Fsp3) is 0.333. The van der Waals surface area contributed by atoms with Gasteiger partial charge in [0.05, 0.1) is 43.0 Å². The Hall–Kier alpha value is -3.43. The van der Waals surface area contributed by atoms with Crippen LogP contribution in [-0.2, 0) is 15.9 Å². The standard InChI is InChI=1S/C24H25FN4O4/c1-14-17(25)3-2-4-18(14)28-23-21-19(6-8-27-24(21)30)29-22(23)16-5-7-26-11-20(16)33-13-15-12-31-9-10-32-15/h2-5,7,11,15,28-29H,6,8-10,12-13H2,1H3,(H,27,30)/t15-/m0/s1. The van der Waals surface area contributed by atoms with Gasteiger partial charge in [-0.3, -0.25) is 9.78 Å². The average Bonchev–Trinajstić information content (AvgIpc) is 3.21. The molecule has 2 aliphatic rings. The highest BCUT2D eigenvalue weighted by Crippen LogP contribution is 2.40. The van der Waals surface area contributed by atoms with Crippen LogP contribution >= 0.6 is 0 Å². The van der Waals surface area contributed by atoms with Gasteiger partial charge >= 0.3 is 0 Å². The number of fused-ring (bicyclic) bond motifs is 1. The van der Waals surface area contributed by atoms with Crippen molar-refractivity contribution in [1.82, 2.24) is 15.3 Å². The highest BCUT2D eigenvalue weighted by Gasteiger charge is 2.28. The molecule has 0 saturated carbocycles. The normalized spacial score (nSPS) is 17.9. The third-order valence-corrected chi connectivity index (χ3v) is 5.86. The van der Waals surface area contributed by atoms with E-state index in [1.54, 1.807) is 31.5 Å². The Kier molecular flexibility index (Phi) is 5.97. The van der Waals surface area contributed by atoms with Crippen LogP contribution in [0.15, 0.2) is 36.7 Å². The molecule has 3 N–H and O–H groups in total. The molecule has 0 unspecified atom stereocenters. The molecule has 0 spiro atoms. The molecule has 2 aliphatic heterocycles. The summed E-state index contributed by atoms with van der Waals surface area (Å²) in [5.74, 6) is 0.0438. The van der Waals surface area contributed by atoms with Crippen LogP contribution < -0.4 is 15.4 Å². The lowest BCUT2D eigenvalue weighted by molar-refractivity contribution is -0.101. The van der Waals surface area contributed by atoms with E-state index in [9.17, 15) is 9.18 Å². The van der Waals surface area contributed by atoms with Crippen molar-refractivity contribution in [2.24, 2.45) is 0 Å². The lowest BCUT2D eigenvalue weighted by Gasteiger charge is -2.23. The van der Waals surface area contributed by atoms with E-state index in [0.717, 1.165) is 11.3 Å². The summed E-state index contributed by atoms with van der Waals surface area (Å²) in [6.07, 6.45) is 3.80. The van der Waals surface area contributed by atoms with E-state index >= 15 is 0 Å². The van der Waals surface area contributed by atoms with Gasteiger partial charge in [-0.05, 0) is 25.1 Å². The first-order valence-electron chi connectivity index (χ1n) is 10.9. The van der Waals surface area contributed by atoms with Crippen molar-refractivity contribution in [2.75, 3.05) is 38.3 Å². The maximum Gasteiger partial charge on any atom is 0.255 e. The summed E-state index contributed by atoms with van der Waals surface area (Å²) in [7, 11) is 0. The van der Waals surface area contributed by atoms with E-state index in [1.807, 2.05) is 6.07 Å². The molecule has 0 bridgehead atoms. The summed E-state index contributed by atoms with van der Waals surface area (Å²) >= 11 is 0. The summed E-state index contributed by atoms with van der Waals surface area (Å²) in [5, 5.41) is 6.19. The summed E-state index contributed by atoms with van der Waals surface area (Å²) in [5.41, 5.74) is 4.38. The Balaban J connectivity index is 1.54. The summed E-state index contributed by atoms with van der Waals surface area (Å²) in [6, 6.07) is 6.66. The molecule has 1 aromatic carbocycles. The number of amides is 1. The predicted octanol–water partition coefficient (Wildman–Crippen LogP) is 3.35. The van der Waals surface area contributed by atoms with Crippen molar-refractivity contribution in [2.45, 2.75) is 19.4 Å². The molecule has 172 valence electrons. The average molecular weight is 452 g/mol. The fourth-order valence-electron chi connectivity index (χ4n) is 4.10. The molecule has 2 aromatic heterocycles. The number of hydrogen-bond donors (Lipinski definition) is 3. The van der Waals surface area contributed by atoms with Gasteiger partial charge in [0.1, 0.15) is 24.3 Å². The molecule has 1 amide bonds. The molecule has 1 fully saturated rings. The molecule has 4 heterocycles. The minimum atomic E-state index is -0.321. The lowest BCUT2D eigenvalue weighted by Crippen LogP contribution is -2.33. The van der Waals surface area contributed by atoms with Crippen molar-refractivity contribution in [3.8, 4) is 17.0 Å². The van der Waals surface area contributed by atoms with Gasteiger partial charge in [-0.1, -0.05) is 6.07 Å². The van der Waals surface area contributed by atoms with Crippen molar-refractivity contribution in [3.05, 3.63) is 59.3 Å². The Labute approximate surface area is 190 Å². The quantitative estimate of drug-likeness (QED) is 0.531. The smallest absolute Gasteiger partial charge is 0.255 e. The van der Waals surface area contributed by atoms with Crippen LogP contribution in [0, 0.1) is 12.7 Å². The second-order valence-electron chi connectivity index (χ2n) is 8.02. The van der Waals surface area contributed by atoms with E-state index in [0.29, 0.717) is 73.3 Å².